The monoisotopic (exact) mass is 226 g/mol. The molecule has 0 atom stereocenters. The smallest absolute Gasteiger partial charge is 0.156 e. The highest BCUT2D eigenvalue weighted by Crippen LogP contribution is 2.35. The van der Waals surface area contributed by atoms with Gasteiger partial charge >= 0.3 is 0 Å². The van der Waals surface area contributed by atoms with Crippen LogP contribution in [0.15, 0.2) is 4.99 Å². The van der Waals surface area contributed by atoms with Crippen LogP contribution >= 0.6 is 11.8 Å². The molecule has 0 saturated heterocycles. The lowest BCUT2D eigenvalue weighted by Crippen LogP contribution is -2.36. The van der Waals surface area contributed by atoms with E-state index in [2.05, 4.69) is 17.2 Å². The number of nitrogens with zero attached hydrogens (tertiary/aromatic N) is 1. The molecule has 2 rings (SSSR count). The molecule has 3 heteroatoms. The normalized spacial score (nSPS) is 25.8. The van der Waals surface area contributed by atoms with E-state index < -0.39 is 0 Å². The van der Waals surface area contributed by atoms with Gasteiger partial charge in [0.05, 0.1) is 0 Å². The Balaban J connectivity index is 1.78. The average Bonchev–Trinajstić information content (AvgIpc) is 2.29. The highest BCUT2D eigenvalue weighted by molar-refractivity contribution is 8.13. The van der Waals surface area contributed by atoms with Gasteiger partial charge in [-0.15, -0.1) is 0 Å². The Morgan fingerprint density at radius 2 is 2.07 bits per heavy atom. The van der Waals surface area contributed by atoms with Crippen LogP contribution in [-0.2, 0) is 0 Å². The number of hydrogen-bond donors (Lipinski definition) is 1. The van der Waals surface area contributed by atoms with Gasteiger partial charge in [0.25, 0.3) is 0 Å². The number of hydrogen-bond acceptors (Lipinski definition) is 3. The van der Waals surface area contributed by atoms with Gasteiger partial charge in [0.2, 0.25) is 0 Å². The average molecular weight is 226 g/mol. The van der Waals surface area contributed by atoms with Crippen molar-refractivity contribution in [1.29, 1.82) is 0 Å². The third-order valence-corrected chi connectivity index (χ3v) is 4.56. The van der Waals surface area contributed by atoms with Gasteiger partial charge in [-0.1, -0.05) is 37.9 Å². The molecule has 0 unspecified atom stereocenters. The lowest BCUT2D eigenvalue weighted by atomic mass is 9.76. The predicted octanol–water partition coefficient (Wildman–Crippen LogP) is 3.04. The van der Waals surface area contributed by atoms with Crippen LogP contribution < -0.4 is 5.32 Å². The minimum atomic E-state index is 0.527. The summed E-state index contributed by atoms with van der Waals surface area (Å²) in [7, 11) is 0. The first-order valence-electron chi connectivity index (χ1n) is 6.20. The van der Waals surface area contributed by atoms with Crippen LogP contribution in [-0.4, -0.2) is 24.0 Å². The van der Waals surface area contributed by atoms with Gasteiger partial charge in [0.1, 0.15) is 0 Å². The summed E-state index contributed by atoms with van der Waals surface area (Å²) in [5.74, 6) is 1.24. The number of thioether (sulfide) groups is 1. The molecule has 1 fully saturated rings. The molecule has 0 aromatic heterocycles. The summed E-state index contributed by atoms with van der Waals surface area (Å²) in [5, 5.41) is 4.73. The SMILES string of the molecule is CC1(CNC2=NCCCS2)CCCCC1. The van der Waals surface area contributed by atoms with E-state index in [1.165, 1.54) is 49.4 Å². The van der Waals surface area contributed by atoms with E-state index >= 15 is 0 Å². The standard InChI is InChI=1S/C12H22N2S/c1-12(6-3-2-4-7-12)10-14-11-13-8-5-9-15-11/h2-10H2,1H3,(H,13,14). The first-order chi connectivity index (χ1) is 7.29. The zero-order valence-electron chi connectivity index (χ0n) is 9.72. The fraction of sp³-hybridized carbons (Fsp3) is 0.917. The highest BCUT2D eigenvalue weighted by Gasteiger charge is 2.26. The third kappa shape index (κ3) is 3.40. The molecule has 2 aliphatic rings. The zero-order chi connectivity index (χ0) is 10.6. The number of amidine groups is 1. The lowest BCUT2D eigenvalue weighted by Gasteiger charge is -2.34. The molecule has 0 bridgehead atoms. The topological polar surface area (TPSA) is 24.4 Å². The molecule has 1 aliphatic heterocycles. The summed E-state index contributed by atoms with van der Waals surface area (Å²) in [6.45, 7) is 4.57. The molecule has 0 spiro atoms. The van der Waals surface area contributed by atoms with Gasteiger partial charge in [-0.05, 0) is 24.7 Å². The summed E-state index contributed by atoms with van der Waals surface area (Å²) in [5.41, 5.74) is 0.527. The Hall–Kier alpha value is -0.180. The van der Waals surface area contributed by atoms with Gasteiger partial charge < -0.3 is 5.32 Å². The predicted molar refractivity (Wildman–Crippen MR) is 68.6 cm³/mol. The van der Waals surface area contributed by atoms with Crippen LogP contribution in [0.2, 0.25) is 0 Å². The molecule has 0 amide bonds. The van der Waals surface area contributed by atoms with E-state index in [4.69, 9.17) is 0 Å². The molecule has 86 valence electrons. The number of aliphatic imine (C=N–C) groups is 1. The van der Waals surface area contributed by atoms with Crippen LogP contribution in [0.4, 0.5) is 0 Å². The molecule has 2 nitrogen and oxygen atoms in total. The lowest BCUT2D eigenvalue weighted by molar-refractivity contribution is 0.218. The molecular formula is C12H22N2S. The Morgan fingerprint density at radius 3 is 2.73 bits per heavy atom. The van der Waals surface area contributed by atoms with Crippen LogP contribution in [0.3, 0.4) is 0 Å². The molecule has 1 saturated carbocycles. The van der Waals surface area contributed by atoms with Crippen molar-refractivity contribution in [2.45, 2.75) is 45.4 Å². The van der Waals surface area contributed by atoms with E-state index in [9.17, 15) is 0 Å². The van der Waals surface area contributed by atoms with Crippen LogP contribution in [0.25, 0.3) is 0 Å². The van der Waals surface area contributed by atoms with Crippen molar-refractivity contribution < 1.29 is 0 Å². The molecular weight excluding hydrogens is 204 g/mol. The van der Waals surface area contributed by atoms with E-state index in [1.807, 2.05) is 11.8 Å². The van der Waals surface area contributed by atoms with E-state index in [0.29, 0.717) is 5.41 Å². The van der Waals surface area contributed by atoms with Crippen LogP contribution in [0.1, 0.15) is 45.4 Å². The van der Waals surface area contributed by atoms with Crippen molar-refractivity contribution in [3.8, 4) is 0 Å². The molecule has 0 aromatic rings. The highest BCUT2D eigenvalue weighted by atomic mass is 32.2. The summed E-state index contributed by atoms with van der Waals surface area (Å²) in [4.78, 5) is 4.51. The van der Waals surface area contributed by atoms with E-state index in [1.54, 1.807) is 0 Å². The second kappa shape index (κ2) is 5.24. The first-order valence-corrected chi connectivity index (χ1v) is 7.18. The quantitative estimate of drug-likeness (QED) is 0.782. The minimum absolute atomic E-state index is 0.527. The molecule has 1 aliphatic carbocycles. The maximum Gasteiger partial charge on any atom is 0.156 e. The minimum Gasteiger partial charge on any atom is -0.364 e. The Labute approximate surface area is 97.3 Å². The van der Waals surface area contributed by atoms with Crippen molar-refractivity contribution in [1.82, 2.24) is 5.32 Å². The summed E-state index contributed by atoms with van der Waals surface area (Å²) >= 11 is 1.89. The Kier molecular flexibility index (Phi) is 3.95. The van der Waals surface area contributed by atoms with Crippen molar-refractivity contribution in [3.05, 3.63) is 0 Å². The molecule has 0 aromatic carbocycles. The number of rotatable bonds is 2. The van der Waals surface area contributed by atoms with Gasteiger partial charge in [0.15, 0.2) is 5.17 Å². The maximum absolute atomic E-state index is 4.51. The van der Waals surface area contributed by atoms with E-state index in [-0.39, 0.29) is 0 Å². The summed E-state index contributed by atoms with van der Waals surface area (Å²) in [6, 6.07) is 0. The van der Waals surface area contributed by atoms with Crippen LogP contribution in [0, 0.1) is 5.41 Å². The Morgan fingerprint density at radius 1 is 1.27 bits per heavy atom. The maximum atomic E-state index is 4.51. The van der Waals surface area contributed by atoms with Crippen LogP contribution in [0.5, 0.6) is 0 Å². The van der Waals surface area contributed by atoms with Gasteiger partial charge in [-0.3, -0.25) is 4.99 Å². The first kappa shape index (κ1) is 11.3. The Bertz CT molecular complexity index is 232. The third-order valence-electron chi connectivity index (χ3n) is 3.52. The zero-order valence-corrected chi connectivity index (χ0v) is 10.5. The molecule has 15 heavy (non-hydrogen) atoms. The van der Waals surface area contributed by atoms with Crippen molar-refractivity contribution >= 4 is 16.9 Å². The largest absolute Gasteiger partial charge is 0.364 e. The van der Waals surface area contributed by atoms with Crippen molar-refractivity contribution in [2.75, 3.05) is 18.8 Å². The van der Waals surface area contributed by atoms with Gasteiger partial charge in [-0.25, -0.2) is 0 Å². The fourth-order valence-electron chi connectivity index (χ4n) is 2.44. The molecule has 1 heterocycles. The van der Waals surface area contributed by atoms with Crippen molar-refractivity contribution in [2.24, 2.45) is 10.4 Å². The van der Waals surface area contributed by atoms with Gasteiger partial charge in [-0.2, -0.15) is 0 Å². The second-order valence-corrected chi connectivity index (χ2v) is 6.20. The summed E-state index contributed by atoms with van der Waals surface area (Å²) in [6.07, 6.45) is 8.28. The molecule has 0 radical (unpaired) electrons. The van der Waals surface area contributed by atoms with Gasteiger partial charge in [0, 0.05) is 18.8 Å². The van der Waals surface area contributed by atoms with Crippen molar-refractivity contribution in [3.63, 3.8) is 0 Å². The number of nitrogens with one attached hydrogen (secondary N) is 1. The second-order valence-electron chi connectivity index (χ2n) is 5.11. The fourth-order valence-corrected chi connectivity index (χ4v) is 3.26. The molecule has 1 N–H and O–H groups in total. The van der Waals surface area contributed by atoms with E-state index in [0.717, 1.165) is 13.1 Å². The summed E-state index contributed by atoms with van der Waals surface area (Å²) < 4.78 is 0.